The van der Waals surface area contributed by atoms with Crippen molar-refractivity contribution < 1.29 is 38.1 Å². The fourth-order valence-corrected chi connectivity index (χ4v) is 4.70. The number of nitrogens with zero attached hydrogens (tertiary/aromatic N) is 1. The Balaban J connectivity index is 1.40. The molecule has 0 saturated carbocycles. The fourth-order valence-electron chi connectivity index (χ4n) is 4.70. The summed E-state index contributed by atoms with van der Waals surface area (Å²) in [5, 5.41) is 19.5. The summed E-state index contributed by atoms with van der Waals surface area (Å²) in [6.45, 7) is 2.07. The Hall–Kier alpha value is -4.92. The topological polar surface area (TPSA) is 98.0 Å². The average Bonchev–Trinajstić information content (AvgIpc) is 3.21. The molecule has 4 aromatic rings. The van der Waals surface area contributed by atoms with Gasteiger partial charge in [-0.3, -0.25) is 9.59 Å². The van der Waals surface area contributed by atoms with Gasteiger partial charge in [-0.15, -0.1) is 0 Å². The van der Waals surface area contributed by atoms with Crippen molar-refractivity contribution in [2.45, 2.75) is 32.7 Å². The molecule has 1 heterocycles. The maximum absolute atomic E-state index is 13.6. The number of carboxylic acid groups (broad SMARTS) is 2. The van der Waals surface area contributed by atoms with Crippen LogP contribution in [-0.2, 0) is 22.6 Å². The maximum Gasteiger partial charge on any atom is 0.323 e. The van der Waals surface area contributed by atoms with Crippen LogP contribution in [0.3, 0.4) is 0 Å². The number of aryl methyl sites for hydroxylation is 1. The van der Waals surface area contributed by atoms with E-state index in [1.54, 1.807) is 16.7 Å². The van der Waals surface area contributed by atoms with Gasteiger partial charge in [0.2, 0.25) is 0 Å². The third-order valence-electron chi connectivity index (χ3n) is 6.69. The minimum Gasteiger partial charge on any atom is -0.490 e. The number of hydrogen-bond donors (Lipinski definition) is 2. The van der Waals surface area contributed by atoms with E-state index in [2.05, 4.69) is 0 Å². The maximum atomic E-state index is 13.6. The zero-order chi connectivity index (χ0) is 30.1. The van der Waals surface area contributed by atoms with Crippen molar-refractivity contribution in [1.29, 1.82) is 0 Å². The van der Waals surface area contributed by atoms with Gasteiger partial charge in [0, 0.05) is 23.6 Å². The lowest BCUT2D eigenvalue weighted by atomic mass is 10.0. The van der Waals surface area contributed by atoms with Gasteiger partial charge in [-0.1, -0.05) is 42.5 Å². The van der Waals surface area contributed by atoms with Crippen LogP contribution in [0.1, 0.15) is 35.2 Å². The van der Waals surface area contributed by atoms with Crippen molar-refractivity contribution in [2.75, 3.05) is 13.2 Å². The molecule has 0 atom stereocenters. The lowest BCUT2D eigenvalue weighted by Crippen LogP contribution is -2.10. The molecule has 2 N–H and O–H groups in total. The molecule has 1 aromatic heterocycles. The third kappa shape index (κ3) is 7.84. The molecule has 7 nitrogen and oxygen atoms in total. The van der Waals surface area contributed by atoms with Crippen molar-refractivity contribution in [3.8, 4) is 11.5 Å². The van der Waals surface area contributed by atoms with E-state index in [1.807, 2.05) is 61.5 Å². The highest BCUT2D eigenvalue weighted by Gasteiger charge is 2.18. The summed E-state index contributed by atoms with van der Waals surface area (Å²) in [6, 6.07) is 16.4. The molecule has 0 bridgehead atoms. The van der Waals surface area contributed by atoms with Crippen LogP contribution in [0.4, 0.5) is 8.78 Å². The van der Waals surface area contributed by atoms with E-state index >= 15 is 0 Å². The highest BCUT2D eigenvalue weighted by molar-refractivity contribution is 5.95. The van der Waals surface area contributed by atoms with Gasteiger partial charge in [-0.05, 0) is 72.9 Å². The van der Waals surface area contributed by atoms with Gasteiger partial charge in [0.1, 0.15) is 31.3 Å². The highest BCUT2D eigenvalue weighted by Crippen LogP contribution is 2.31. The molecule has 0 aliphatic heterocycles. The zero-order valence-electron chi connectivity index (χ0n) is 23.1. The summed E-state index contributed by atoms with van der Waals surface area (Å²) in [7, 11) is 0. The van der Waals surface area contributed by atoms with Crippen LogP contribution >= 0.6 is 0 Å². The molecule has 42 heavy (non-hydrogen) atoms. The van der Waals surface area contributed by atoms with Gasteiger partial charge in [0.25, 0.3) is 0 Å². The molecular formula is C33H31F2NO6. The predicted octanol–water partition coefficient (Wildman–Crippen LogP) is 6.90. The van der Waals surface area contributed by atoms with Crippen LogP contribution < -0.4 is 9.47 Å². The number of carboxylic acids is 2. The second-order valence-corrected chi connectivity index (χ2v) is 9.61. The number of halogens is 2. The minimum atomic E-state index is -0.953. The largest absolute Gasteiger partial charge is 0.490 e. The number of aliphatic carboxylic acids is 2. The zero-order valence-corrected chi connectivity index (χ0v) is 23.1. The Bertz CT molecular complexity index is 1620. The number of rotatable bonds is 14. The number of benzene rings is 3. The molecule has 0 spiro atoms. The first-order chi connectivity index (χ1) is 20.2. The molecule has 9 heteroatoms. The molecule has 0 unspecified atom stereocenters. The van der Waals surface area contributed by atoms with Crippen LogP contribution in [0.2, 0.25) is 0 Å². The first-order valence-corrected chi connectivity index (χ1v) is 13.4. The summed E-state index contributed by atoms with van der Waals surface area (Å²) < 4.78 is 39.3. The number of aromatic nitrogens is 1. The number of para-hydroxylation sites is 1. The Morgan fingerprint density at radius 3 is 2.33 bits per heavy atom. The Morgan fingerprint density at radius 1 is 0.905 bits per heavy atom. The summed E-state index contributed by atoms with van der Waals surface area (Å²) in [4.78, 5) is 22.7. The average molecular weight is 576 g/mol. The van der Waals surface area contributed by atoms with E-state index in [4.69, 9.17) is 14.6 Å². The molecular weight excluding hydrogens is 544 g/mol. The fraction of sp³-hybridized carbons (Fsp3) is 0.212. The van der Waals surface area contributed by atoms with Crippen molar-refractivity contribution in [3.63, 3.8) is 0 Å². The monoisotopic (exact) mass is 575 g/mol. The molecule has 218 valence electrons. The smallest absolute Gasteiger partial charge is 0.323 e. The van der Waals surface area contributed by atoms with E-state index in [0.29, 0.717) is 18.6 Å². The summed E-state index contributed by atoms with van der Waals surface area (Å²) in [5.41, 5.74) is 4.36. The predicted molar refractivity (Wildman–Crippen MR) is 157 cm³/mol. The molecule has 0 radical (unpaired) electrons. The van der Waals surface area contributed by atoms with E-state index in [-0.39, 0.29) is 31.9 Å². The van der Waals surface area contributed by atoms with Crippen molar-refractivity contribution in [1.82, 2.24) is 4.57 Å². The molecule has 0 amide bonds. The lowest BCUT2D eigenvalue weighted by molar-refractivity contribution is -0.138. The number of hydrogen-bond acceptors (Lipinski definition) is 4. The van der Waals surface area contributed by atoms with E-state index in [1.165, 1.54) is 6.07 Å². The first kappa shape index (κ1) is 30.0. The minimum absolute atomic E-state index is 0.0248. The van der Waals surface area contributed by atoms with Crippen LogP contribution in [0.5, 0.6) is 11.5 Å². The van der Waals surface area contributed by atoms with E-state index in [0.717, 1.165) is 45.4 Å². The second kappa shape index (κ2) is 14.1. The highest BCUT2D eigenvalue weighted by atomic mass is 19.1. The van der Waals surface area contributed by atoms with Gasteiger partial charge in [-0.25, -0.2) is 8.78 Å². The molecule has 0 saturated heterocycles. The quantitative estimate of drug-likeness (QED) is 0.125. The molecule has 3 aromatic carbocycles. The lowest BCUT2D eigenvalue weighted by Gasteiger charge is -2.08. The number of ether oxygens (including phenoxy) is 2. The van der Waals surface area contributed by atoms with Gasteiger partial charge in [0.05, 0.1) is 5.52 Å². The number of carbonyl (C=O) groups is 2. The normalized spacial score (nSPS) is 11.5. The number of fused-ring (bicyclic) bond motifs is 1. The SMILES string of the molecule is Cc1c(CCCC(=O)O)c2cccc(C=Cc3ccc(OC/C=C/COc4ccc(F)cc4F)cc3)c2n1CC(=O)O. The van der Waals surface area contributed by atoms with Crippen molar-refractivity contribution in [3.05, 3.63) is 107 Å². The Morgan fingerprint density at radius 2 is 1.64 bits per heavy atom. The van der Waals surface area contributed by atoms with Crippen molar-refractivity contribution in [2.24, 2.45) is 0 Å². The second-order valence-electron chi connectivity index (χ2n) is 9.61. The third-order valence-corrected chi connectivity index (χ3v) is 6.69. The van der Waals surface area contributed by atoms with Gasteiger partial charge in [-0.2, -0.15) is 0 Å². The van der Waals surface area contributed by atoms with Crippen LogP contribution in [0.25, 0.3) is 23.1 Å². The summed E-state index contributed by atoms with van der Waals surface area (Å²) in [6.07, 6.45) is 8.35. The van der Waals surface area contributed by atoms with E-state index in [9.17, 15) is 23.5 Å². The van der Waals surface area contributed by atoms with Gasteiger partial charge >= 0.3 is 11.9 Å². The molecule has 0 aliphatic carbocycles. The Labute approximate surface area is 241 Å². The van der Waals surface area contributed by atoms with E-state index < -0.39 is 23.6 Å². The standard InChI is InChI=1S/C33H31F2NO6/c1-22-27(7-5-9-31(37)38)28-8-4-6-24(33(28)36(22)21-32(39)40)13-10-23-11-15-26(16-12-23)41-18-2-3-19-42-30-17-14-25(34)20-29(30)35/h2-4,6,8,10-17,20H,5,7,9,18-19,21H2,1H3,(H,37,38)(H,39,40)/b3-2+,13-10?. The van der Waals surface area contributed by atoms with Crippen LogP contribution in [0.15, 0.2) is 72.8 Å². The molecule has 0 aliphatic rings. The molecule has 4 rings (SSSR count). The van der Waals surface area contributed by atoms with Gasteiger partial charge in [0.15, 0.2) is 11.6 Å². The Kier molecular flexibility index (Phi) is 10.1. The van der Waals surface area contributed by atoms with Crippen LogP contribution in [-0.4, -0.2) is 39.9 Å². The summed E-state index contributed by atoms with van der Waals surface area (Å²) >= 11 is 0. The molecule has 0 fully saturated rings. The van der Waals surface area contributed by atoms with Crippen LogP contribution in [0, 0.1) is 18.6 Å². The van der Waals surface area contributed by atoms with Gasteiger partial charge < -0.3 is 24.3 Å². The first-order valence-electron chi connectivity index (χ1n) is 13.4. The summed E-state index contributed by atoms with van der Waals surface area (Å²) in [5.74, 6) is -2.60. The van der Waals surface area contributed by atoms with Crippen molar-refractivity contribution >= 4 is 35.0 Å².